The molecule has 7 aromatic rings. The van der Waals surface area contributed by atoms with E-state index in [0.717, 1.165) is 110 Å². The van der Waals surface area contributed by atoms with E-state index in [4.69, 9.17) is 31.9 Å². The van der Waals surface area contributed by atoms with E-state index < -0.39 is 33.0 Å². The molecule has 5 aromatic carbocycles. The van der Waals surface area contributed by atoms with Crippen molar-refractivity contribution in [2.24, 2.45) is 5.73 Å². The van der Waals surface area contributed by atoms with E-state index in [1.807, 2.05) is 9.13 Å². The van der Waals surface area contributed by atoms with Crippen molar-refractivity contribution in [2.75, 3.05) is 66.9 Å². The van der Waals surface area contributed by atoms with Gasteiger partial charge < -0.3 is 51.7 Å². The van der Waals surface area contributed by atoms with Crippen molar-refractivity contribution < 1.29 is 56.6 Å². The zero-order chi connectivity index (χ0) is 57.0. The van der Waals surface area contributed by atoms with Crippen LogP contribution in [0, 0.1) is 55.1 Å². The van der Waals surface area contributed by atoms with E-state index in [1.165, 1.54) is 47.2 Å². The van der Waals surface area contributed by atoms with Gasteiger partial charge in [0.1, 0.15) is 34.8 Å². The molecule has 18 nitrogen and oxygen atoms in total. The average Bonchev–Trinajstić information content (AvgIpc) is 4.00. The van der Waals surface area contributed by atoms with Crippen LogP contribution in [0.5, 0.6) is 0 Å². The first-order valence-corrected chi connectivity index (χ1v) is 26.0. The Morgan fingerprint density at radius 1 is 0.519 bits per heavy atom. The molecule has 0 amide bonds. The van der Waals surface area contributed by atoms with Crippen LogP contribution in [0.3, 0.4) is 0 Å². The second-order valence-electron chi connectivity index (χ2n) is 16.4. The minimum absolute atomic E-state index is 0.0763. The summed E-state index contributed by atoms with van der Waals surface area (Å²) in [5.74, 6) is -3.24. The number of anilines is 3. The third kappa shape index (κ3) is 26.3. The number of alkyl halides is 1. The molecule has 0 saturated carbocycles. The molecule has 422 valence electrons. The summed E-state index contributed by atoms with van der Waals surface area (Å²) in [5.41, 5.74) is 14.6. The van der Waals surface area contributed by atoms with Crippen LogP contribution < -0.4 is 22.1 Å². The number of unbranched alkanes of at least 4 members (excludes halogenated alkanes) is 5. The first-order valence-electron chi connectivity index (χ1n) is 24.5. The molecular formula is C52H67F6IN10O8. The number of nitrogens with one attached hydrogen (secondary N) is 2. The molecule has 2 heterocycles. The summed E-state index contributed by atoms with van der Waals surface area (Å²) in [6.45, 7) is 4.26. The Hall–Kier alpha value is -6.65. The highest BCUT2D eigenvalue weighted by molar-refractivity contribution is 14.1. The molecule has 25 heteroatoms. The maximum Gasteiger partial charge on any atom is 0.304 e. The number of nitrogens with zero attached hydrogens (tertiary/aromatic N) is 6. The Bertz CT molecular complexity index is 2710. The number of rotatable bonds is 23. The number of imidazole rings is 2. The average molecular weight is 1200 g/mol. The van der Waals surface area contributed by atoms with Crippen molar-refractivity contribution in [1.82, 2.24) is 19.1 Å². The van der Waals surface area contributed by atoms with Gasteiger partial charge in [0, 0.05) is 76.9 Å². The fourth-order valence-corrected chi connectivity index (χ4v) is 7.02. The minimum atomic E-state index is -1.16. The number of halogens is 7. The molecule has 0 aliphatic rings. The zero-order valence-electron chi connectivity index (χ0n) is 42.4. The second kappa shape index (κ2) is 38.8. The number of nitrogen functional groups attached to an aromatic ring is 1. The highest BCUT2D eigenvalue weighted by atomic mass is 127. The Balaban J connectivity index is 0.000000322. The number of aliphatic hydroxyl groups excluding tert-OH is 4. The fourth-order valence-electron chi connectivity index (χ4n) is 6.48. The molecule has 7 rings (SSSR count). The Labute approximate surface area is 455 Å². The molecule has 10 N–H and O–H groups in total. The summed E-state index contributed by atoms with van der Waals surface area (Å²) in [6, 6.07) is 18.9. The molecule has 0 fully saturated rings. The number of nitro groups is 2. The topological polar surface area (TPSA) is 279 Å². The van der Waals surface area contributed by atoms with E-state index in [-0.39, 0.29) is 55.3 Å². The van der Waals surface area contributed by atoms with Gasteiger partial charge in [-0.3, -0.25) is 20.2 Å². The predicted molar refractivity (Wildman–Crippen MR) is 296 cm³/mol. The van der Waals surface area contributed by atoms with Gasteiger partial charge in [0.15, 0.2) is 0 Å². The van der Waals surface area contributed by atoms with Gasteiger partial charge in [-0.05, 0) is 142 Å². The lowest BCUT2D eigenvalue weighted by Crippen LogP contribution is -2.05. The van der Waals surface area contributed by atoms with Gasteiger partial charge in [0.25, 0.3) is 5.69 Å². The summed E-state index contributed by atoms with van der Waals surface area (Å²) in [5, 5.41) is 60.3. The highest BCUT2D eigenvalue weighted by Gasteiger charge is 2.15. The Kier molecular flexibility index (Phi) is 33.5. The molecule has 0 spiro atoms. The lowest BCUT2D eigenvalue weighted by atomic mass is 10.2. The van der Waals surface area contributed by atoms with Crippen LogP contribution >= 0.6 is 22.6 Å². The van der Waals surface area contributed by atoms with Gasteiger partial charge in [-0.2, -0.15) is 4.39 Å². The second-order valence-corrected chi connectivity index (χ2v) is 17.5. The summed E-state index contributed by atoms with van der Waals surface area (Å²) < 4.78 is 81.4. The number of nitrogens with two attached hydrogens (primary N) is 2. The molecule has 0 bridgehead atoms. The number of aromatic nitrogens is 4. The minimum Gasteiger partial charge on any atom is -0.397 e. The molecule has 77 heavy (non-hydrogen) atoms. The van der Waals surface area contributed by atoms with Gasteiger partial charge >= 0.3 is 5.69 Å². The monoisotopic (exact) mass is 1200 g/mol. The van der Waals surface area contributed by atoms with E-state index in [1.54, 1.807) is 30.9 Å². The smallest absolute Gasteiger partial charge is 0.304 e. The first-order chi connectivity index (χ1) is 37.0. The van der Waals surface area contributed by atoms with Gasteiger partial charge in [-0.1, -0.05) is 22.6 Å². The van der Waals surface area contributed by atoms with Crippen molar-refractivity contribution in [3.05, 3.63) is 159 Å². The van der Waals surface area contributed by atoms with Crippen LogP contribution in [0.25, 0.3) is 22.1 Å². The normalized spacial score (nSPS) is 10.3. The molecular weight excluding hydrogens is 1130 g/mol. The Morgan fingerprint density at radius 2 is 0.922 bits per heavy atom. The maximum atomic E-state index is 13.0. The van der Waals surface area contributed by atoms with Crippen molar-refractivity contribution in [2.45, 2.75) is 77.3 Å². The quantitative estimate of drug-likeness (QED) is 0.00563. The standard InChI is InChI=1S/C11H12FIN2.C11H13FN2O.C10H13FN2O3.C10H15FN2O.C6H3F2NO2.C4H11NO/c12-9-3-4-10-11(7-9)15(8-14-10)6-2-1-5-13;12-9-3-4-10-11(7-9)14(8-13-10)5-1-2-6-15;11-8-3-4-10(13(15)16)9(7-8)12-5-1-2-6-14;11-8-3-4-9(12)10(7-8)13-5-1-2-6-14;7-4-1-2-6(9(10)11)5(8)3-4;5-3-1-2-4-6/h3-4,7-8H,1-2,5-6H2;3-4,7-8,15H,1-2,5-6H2;3-4,7,12,14H,1-2,5-6H2;3-4,7,13-14H,1-2,5-6,12H2;1-3H;6H,1-5H2. The predicted octanol–water partition coefficient (Wildman–Crippen LogP) is 10.4. The van der Waals surface area contributed by atoms with Crippen LogP contribution in [0.1, 0.15) is 64.2 Å². The summed E-state index contributed by atoms with van der Waals surface area (Å²) in [6.07, 6.45) is 12.1. The number of aliphatic hydroxyl groups is 4. The SMILES string of the molecule is Fc1ccc2ncn(CCCCI)c2c1.NCCCCO.Nc1ccc(F)cc1NCCCCO.O=[N+]([O-])c1ccc(F)cc1F.O=[N+]([O-])c1ccc(F)cc1NCCCCO.OCCCCn1cnc2ccc(F)cc21. The number of aryl methyl sites for hydroxylation is 2. The van der Waals surface area contributed by atoms with E-state index in [9.17, 15) is 46.6 Å². The molecule has 0 aliphatic heterocycles. The van der Waals surface area contributed by atoms with E-state index >= 15 is 0 Å². The van der Waals surface area contributed by atoms with Crippen molar-refractivity contribution in [3.8, 4) is 0 Å². The maximum absolute atomic E-state index is 13.0. The summed E-state index contributed by atoms with van der Waals surface area (Å²) in [4.78, 5) is 27.5. The largest absolute Gasteiger partial charge is 0.397 e. The molecule has 0 radical (unpaired) electrons. The fraction of sp³-hybridized carbons (Fsp3) is 0.385. The number of fused-ring (bicyclic) bond motifs is 2. The van der Waals surface area contributed by atoms with Gasteiger partial charge in [-0.25, -0.2) is 31.9 Å². The number of hydrogen-bond donors (Lipinski definition) is 8. The number of benzene rings is 5. The molecule has 0 atom stereocenters. The molecule has 0 unspecified atom stereocenters. The third-order valence-electron chi connectivity index (χ3n) is 10.4. The summed E-state index contributed by atoms with van der Waals surface area (Å²) >= 11 is 2.37. The molecule has 2 aromatic heterocycles. The van der Waals surface area contributed by atoms with Crippen molar-refractivity contribution in [1.29, 1.82) is 0 Å². The lowest BCUT2D eigenvalue weighted by Gasteiger charge is -2.08. The van der Waals surface area contributed by atoms with Gasteiger partial charge in [0.05, 0.1) is 55.9 Å². The van der Waals surface area contributed by atoms with Crippen molar-refractivity contribution in [3.63, 3.8) is 0 Å². The highest BCUT2D eigenvalue weighted by Crippen LogP contribution is 2.25. The summed E-state index contributed by atoms with van der Waals surface area (Å²) in [7, 11) is 0. The van der Waals surface area contributed by atoms with E-state index in [0.29, 0.717) is 49.9 Å². The van der Waals surface area contributed by atoms with Crippen LogP contribution in [0.4, 0.5) is 54.8 Å². The van der Waals surface area contributed by atoms with Crippen LogP contribution in [0.15, 0.2) is 104 Å². The molecule has 0 saturated heterocycles. The first kappa shape index (κ1) is 66.5. The van der Waals surface area contributed by atoms with Crippen molar-refractivity contribution >= 4 is 73.1 Å². The van der Waals surface area contributed by atoms with Crippen LogP contribution in [-0.2, 0) is 13.1 Å². The number of nitro benzene ring substituents is 2. The van der Waals surface area contributed by atoms with Gasteiger partial charge in [0.2, 0.25) is 5.82 Å². The third-order valence-corrected chi connectivity index (χ3v) is 11.2. The Morgan fingerprint density at radius 3 is 1.38 bits per heavy atom. The van der Waals surface area contributed by atoms with Gasteiger partial charge in [-0.15, -0.1) is 0 Å². The van der Waals surface area contributed by atoms with Crippen LogP contribution in [0.2, 0.25) is 0 Å². The van der Waals surface area contributed by atoms with Crippen LogP contribution in [-0.4, -0.2) is 99.9 Å². The lowest BCUT2D eigenvalue weighted by molar-refractivity contribution is -0.387. The number of hydrogen-bond acceptors (Lipinski definition) is 14. The van der Waals surface area contributed by atoms with E-state index in [2.05, 4.69) is 43.2 Å². The molecule has 0 aliphatic carbocycles. The zero-order valence-corrected chi connectivity index (χ0v) is 44.5.